The molecule has 0 atom stereocenters. The molecule has 0 fully saturated rings. The van der Waals surface area contributed by atoms with E-state index in [2.05, 4.69) is 49.8 Å². The van der Waals surface area contributed by atoms with Crippen LogP contribution >= 0.6 is 0 Å². The van der Waals surface area contributed by atoms with E-state index in [1.165, 1.54) is 11.3 Å². The second kappa shape index (κ2) is 13.0. The third-order valence-corrected chi connectivity index (χ3v) is 2.71. The Kier molecular flexibility index (Phi) is 12.0. The number of hydrogen-bond donors (Lipinski definition) is 0. The van der Waals surface area contributed by atoms with Gasteiger partial charge in [0, 0.05) is 24.3 Å². The molecule has 2 rings (SSSR count). The Balaban J connectivity index is 0.000000360. The summed E-state index contributed by atoms with van der Waals surface area (Å²) >= 11 is 0. The molecule has 0 amide bonds. The van der Waals surface area contributed by atoms with E-state index >= 15 is 0 Å². The molecular weight excluding hydrogens is 268 g/mol. The highest BCUT2D eigenvalue weighted by molar-refractivity contribution is 5.08. The number of aromatic nitrogens is 2. The minimum absolute atomic E-state index is 0.704. The minimum atomic E-state index is 0.704. The molecule has 2 heteroatoms. The molecule has 0 radical (unpaired) electrons. The maximum atomic E-state index is 4.22. The maximum Gasteiger partial charge on any atom is 0.0406 e. The molecule has 0 unspecified atom stereocenters. The van der Waals surface area contributed by atoms with Crippen LogP contribution in [0.3, 0.4) is 0 Å². The molecule has 2 nitrogen and oxygen atoms in total. The lowest BCUT2D eigenvalue weighted by Crippen LogP contribution is -1.95. The Morgan fingerprint density at radius 2 is 1.50 bits per heavy atom. The summed E-state index contributed by atoms with van der Waals surface area (Å²) in [4.78, 5) is 8.26. The summed E-state index contributed by atoms with van der Waals surface area (Å²) in [6.07, 6.45) is 7.80. The van der Waals surface area contributed by atoms with Crippen LogP contribution in [0.25, 0.3) is 0 Å². The zero-order chi connectivity index (χ0) is 16.8. The average Bonchev–Trinajstić information content (AvgIpc) is 2.51. The second-order valence-corrected chi connectivity index (χ2v) is 5.88. The van der Waals surface area contributed by atoms with Gasteiger partial charge in [-0.2, -0.15) is 0 Å². The average molecular weight is 300 g/mol. The first-order valence-corrected chi connectivity index (χ1v) is 8.36. The van der Waals surface area contributed by atoms with Crippen LogP contribution in [-0.4, -0.2) is 9.97 Å². The van der Waals surface area contributed by atoms with Gasteiger partial charge in [0.05, 0.1) is 0 Å². The largest absolute Gasteiger partial charge is 0.264 e. The van der Waals surface area contributed by atoms with E-state index in [4.69, 9.17) is 0 Å². The third kappa shape index (κ3) is 11.0. The van der Waals surface area contributed by atoms with Gasteiger partial charge < -0.3 is 0 Å². The molecule has 2 heterocycles. The van der Waals surface area contributed by atoms with Crippen LogP contribution in [0.2, 0.25) is 0 Å². The molecule has 0 N–H and O–H groups in total. The molecule has 22 heavy (non-hydrogen) atoms. The molecule has 0 aliphatic heterocycles. The van der Waals surface area contributed by atoms with Crippen LogP contribution in [0.15, 0.2) is 48.9 Å². The van der Waals surface area contributed by atoms with Crippen molar-refractivity contribution in [3.05, 3.63) is 60.2 Å². The first kappa shape index (κ1) is 20.3. The van der Waals surface area contributed by atoms with Crippen molar-refractivity contribution in [1.82, 2.24) is 9.97 Å². The number of rotatable bonds is 4. The van der Waals surface area contributed by atoms with Gasteiger partial charge in [0.25, 0.3) is 0 Å². The predicted octanol–water partition coefficient (Wildman–Crippen LogP) is 5.59. The molecule has 122 valence electrons. The Bertz CT molecular complexity index is 404. The van der Waals surface area contributed by atoms with E-state index in [1.54, 1.807) is 0 Å². The summed E-state index contributed by atoms with van der Waals surface area (Å²) in [7, 11) is 0. The molecule has 0 saturated carbocycles. The molecule has 0 bridgehead atoms. The van der Waals surface area contributed by atoms with Gasteiger partial charge in [-0.3, -0.25) is 9.97 Å². The topological polar surface area (TPSA) is 25.8 Å². The third-order valence-electron chi connectivity index (χ3n) is 2.71. The lowest BCUT2D eigenvalue weighted by molar-refractivity contribution is 0.635. The van der Waals surface area contributed by atoms with Gasteiger partial charge in [-0.25, -0.2) is 0 Å². The fourth-order valence-electron chi connectivity index (χ4n) is 1.93. The van der Waals surface area contributed by atoms with E-state index in [0.29, 0.717) is 5.92 Å². The summed E-state index contributed by atoms with van der Waals surface area (Å²) in [5.74, 6) is 1.43. The van der Waals surface area contributed by atoms with Crippen LogP contribution in [-0.2, 0) is 12.8 Å². The van der Waals surface area contributed by atoms with E-state index in [9.17, 15) is 0 Å². The lowest BCUT2D eigenvalue weighted by atomic mass is 10.1. The molecule has 0 saturated heterocycles. The van der Waals surface area contributed by atoms with Gasteiger partial charge in [-0.1, -0.05) is 53.7 Å². The Morgan fingerprint density at radius 3 is 1.95 bits per heavy atom. The first-order chi connectivity index (χ1) is 10.6. The van der Waals surface area contributed by atoms with E-state index in [-0.39, 0.29) is 0 Å². The fraction of sp³-hybridized carbons (Fsp3) is 0.500. The van der Waals surface area contributed by atoms with Crippen molar-refractivity contribution in [2.45, 2.75) is 54.4 Å². The zero-order valence-electron chi connectivity index (χ0n) is 15.1. The molecular formula is C20H32N2. The monoisotopic (exact) mass is 300 g/mol. The Morgan fingerprint density at radius 1 is 0.818 bits per heavy atom. The summed E-state index contributed by atoms with van der Waals surface area (Å²) in [5, 5.41) is 0. The first-order valence-electron chi connectivity index (χ1n) is 8.36. The van der Waals surface area contributed by atoms with Gasteiger partial charge in [0.15, 0.2) is 0 Å². The number of hydrogen-bond acceptors (Lipinski definition) is 2. The van der Waals surface area contributed by atoms with Crippen LogP contribution < -0.4 is 0 Å². The highest BCUT2D eigenvalue weighted by Crippen LogP contribution is 2.04. The normalized spacial score (nSPS) is 9.64. The van der Waals surface area contributed by atoms with Crippen molar-refractivity contribution in [2.75, 3.05) is 0 Å². The maximum absolute atomic E-state index is 4.22. The van der Waals surface area contributed by atoms with Gasteiger partial charge in [-0.05, 0) is 48.4 Å². The smallest absolute Gasteiger partial charge is 0.0406 e. The van der Waals surface area contributed by atoms with E-state index in [1.807, 2.05) is 50.6 Å². The van der Waals surface area contributed by atoms with Crippen molar-refractivity contribution in [3.8, 4) is 0 Å². The fourth-order valence-corrected chi connectivity index (χ4v) is 1.93. The van der Waals surface area contributed by atoms with Crippen molar-refractivity contribution >= 4 is 0 Å². The quantitative estimate of drug-likeness (QED) is 0.736. The molecule has 0 spiro atoms. The van der Waals surface area contributed by atoms with Crippen LogP contribution in [0.4, 0.5) is 0 Å². The van der Waals surface area contributed by atoms with Gasteiger partial charge in [0.1, 0.15) is 0 Å². The van der Waals surface area contributed by atoms with Gasteiger partial charge in [0.2, 0.25) is 0 Å². The minimum Gasteiger partial charge on any atom is -0.264 e. The van der Waals surface area contributed by atoms with Gasteiger partial charge in [-0.15, -0.1) is 0 Å². The van der Waals surface area contributed by atoms with Gasteiger partial charge >= 0.3 is 0 Å². The number of pyridine rings is 2. The summed E-state index contributed by atoms with van der Waals surface area (Å²) in [6.45, 7) is 12.8. The Labute approximate surface area is 137 Å². The van der Waals surface area contributed by atoms with E-state index in [0.717, 1.165) is 18.8 Å². The number of nitrogens with zero attached hydrogens (tertiary/aromatic N) is 2. The molecule has 2 aromatic rings. The van der Waals surface area contributed by atoms with Crippen LogP contribution in [0.1, 0.15) is 52.8 Å². The summed E-state index contributed by atoms with van der Waals surface area (Å²) < 4.78 is 0. The van der Waals surface area contributed by atoms with Crippen molar-refractivity contribution in [3.63, 3.8) is 0 Å². The molecule has 0 aliphatic carbocycles. The Hall–Kier alpha value is -1.70. The highest BCUT2D eigenvalue weighted by atomic mass is 14.7. The van der Waals surface area contributed by atoms with Crippen molar-refractivity contribution < 1.29 is 0 Å². The lowest BCUT2D eigenvalue weighted by Gasteiger charge is -2.01. The van der Waals surface area contributed by atoms with Crippen molar-refractivity contribution in [1.29, 1.82) is 0 Å². The summed E-state index contributed by atoms with van der Waals surface area (Å²) in [5.41, 5.74) is 2.52. The van der Waals surface area contributed by atoms with E-state index < -0.39 is 0 Å². The standard InChI is InChI=1S/2C9H13N.C2H6/c1-8(2)6-9-4-3-5-10-7-9;1-8(2)7-9-5-3-4-6-10-9;1-2/h3-5,7-8H,6H2,1-2H3;3-6,8H,7H2,1-2H3;1-2H3. The molecule has 0 aromatic carbocycles. The highest BCUT2D eigenvalue weighted by Gasteiger charge is 1.96. The van der Waals surface area contributed by atoms with Crippen LogP contribution in [0, 0.1) is 11.8 Å². The molecule has 0 aliphatic rings. The summed E-state index contributed by atoms with van der Waals surface area (Å²) in [6, 6.07) is 10.2. The van der Waals surface area contributed by atoms with Crippen molar-refractivity contribution in [2.24, 2.45) is 11.8 Å². The SMILES string of the molecule is CC.CC(C)Cc1ccccn1.CC(C)Cc1cccnc1. The zero-order valence-corrected chi connectivity index (χ0v) is 15.1. The molecule has 2 aromatic heterocycles. The van der Waals surface area contributed by atoms with Crippen LogP contribution in [0.5, 0.6) is 0 Å². The second-order valence-electron chi connectivity index (χ2n) is 5.88. The predicted molar refractivity (Wildman–Crippen MR) is 96.9 cm³/mol.